The molecule has 22 heavy (non-hydrogen) atoms. The van der Waals surface area contributed by atoms with Crippen LogP contribution in [0.2, 0.25) is 0 Å². The second-order valence-corrected chi connectivity index (χ2v) is 5.42. The van der Waals surface area contributed by atoms with Gasteiger partial charge in [0.15, 0.2) is 0 Å². The molecule has 1 aliphatic heterocycles. The number of amides is 2. The highest BCUT2D eigenvalue weighted by molar-refractivity contribution is 7.80. The van der Waals surface area contributed by atoms with Crippen LogP contribution in [0.15, 0.2) is 18.2 Å². The molecule has 0 bridgehead atoms. The van der Waals surface area contributed by atoms with Gasteiger partial charge in [0.2, 0.25) is 11.8 Å². The summed E-state index contributed by atoms with van der Waals surface area (Å²) >= 11 is 3.87. The molecule has 0 aliphatic carbocycles. The van der Waals surface area contributed by atoms with Gasteiger partial charge in [-0.25, -0.2) is 4.79 Å². The molecule has 1 aliphatic rings. The molecular formula is C14H15NO6S. The molecule has 3 N–H and O–H groups in total. The number of carbonyl (C=O) groups is 3. The average molecular weight is 325 g/mol. The van der Waals surface area contributed by atoms with Crippen molar-refractivity contribution in [2.75, 3.05) is 5.75 Å². The summed E-state index contributed by atoms with van der Waals surface area (Å²) in [6, 6.07) is 2.67. The molecule has 2 amide bonds. The van der Waals surface area contributed by atoms with Gasteiger partial charge in [0.1, 0.15) is 17.5 Å². The van der Waals surface area contributed by atoms with Crippen molar-refractivity contribution in [1.82, 2.24) is 4.90 Å². The van der Waals surface area contributed by atoms with Crippen molar-refractivity contribution in [3.8, 4) is 11.5 Å². The summed E-state index contributed by atoms with van der Waals surface area (Å²) < 4.78 is 0. The van der Waals surface area contributed by atoms with Crippen LogP contribution in [0, 0.1) is 5.92 Å². The second kappa shape index (κ2) is 6.27. The summed E-state index contributed by atoms with van der Waals surface area (Å²) in [6.07, 6.45) is -0.0250. The Kier molecular flexibility index (Phi) is 4.60. The summed E-state index contributed by atoms with van der Waals surface area (Å²) in [5.74, 6) is -3.62. The summed E-state index contributed by atoms with van der Waals surface area (Å²) in [5, 5.41) is 28.0. The Morgan fingerprint density at radius 2 is 2.05 bits per heavy atom. The third-order valence-electron chi connectivity index (χ3n) is 3.58. The van der Waals surface area contributed by atoms with Crippen LogP contribution < -0.4 is 0 Å². The molecule has 8 heteroatoms. The monoisotopic (exact) mass is 325 g/mol. The normalized spacial score (nSPS) is 19.5. The molecule has 2 atom stereocenters. The van der Waals surface area contributed by atoms with E-state index in [1.807, 2.05) is 0 Å². The minimum Gasteiger partial charge on any atom is -0.508 e. The van der Waals surface area contributed by atoms with E-state index in [1.54, 1.807) is 0 Å². The molecule has 7 nitrogen and oxygen atoms in total. The van der Waals surface area contributed by atoms with E-state index in [2.05, 4.69) is 12.6 Å². The van der Waals surface area contributed by atoms with Gasteiger partial charge in [-0.1, -0.05) is 6.07 Å². The van der Waals surface area contributed by atoms with Gasteiger partial charge in [-0.2, -0.15) is 12.6 Å². The number of hydrogen-bond donors (Lipinski definition) is 4. The fourth-order valence-corrected chi connectivity index (χ4v) is 2.78. The number of rotatable bonds is 5. The fourth-order valence-electron chi connectivity index (χ4n) is 2.46. The topological polar surface area (TPSA) is 115 Å². The molecule has 1 aromatic carbocycles. The molecular weight excluding hydrogens is 310 g/mol. The van der Waals surface area contributed by atoms with Crippen LogP contribution in [0.4, 0.5) is 0 Å². The van der Waals surface area contributed by atoms with Crippen molar-refractivity contribution in [3.63, 3.8) is 0 Å². The number of carbonyl (C=O) groups excluding carboxylic acids is 2. The summed E-state index contributed by atoms with van der Waals surface area (Å²) in [4.78, 5) is 36.1. The van der Waals surface area contributed by atoms with E-state index in [4.69, 9.17) is 5.11 Å². The maximum absolute atomic E-state index is 12.3. The van der Waals surface area contributed by atoms with E-state index in [9.17, 15) is 24.6 Å². The molecule has 0 saturated carbocycles. The van der Waals surface area contributed by atoms with Gasteiger partial charge in [-0.05, 0) is 18.1 Å². The maximum Gasteiger partial charge on any atom is 0.327 e. The smallest absolute Gasteiger partial charge is 0.327 e. The Morgan fingerprint density at radius 3 is 2.59 bits per heavy atom. The Balaban J connectivity index is 2.19. The molecule has 2 rings (SSSR count). The van der Waals surface area contributed by atoms with E-state index < -0.39 is 29.7 Å². The van der Waals surface area contributed by atoms with Crippen LogP contribution in [0.3, 0.4) is 0 Å². The quantitative estimate of drug-likeness (QED) is 0.460. The van der Waals surface area contributed by atoms with Crippen molar-refractivity contribution >= 4 is 30.4 Å². The highest BCUT2D eigenvalue weighted by Gasteiger charge is 2.44. The van der Waals surface area contributed by atoms with Crippen LogP contribution in [0.5, 0.6) is 11.5 Å². The van der Waals surface area contributed by atoms with Crippen molar-refractivity contribution in [2.24, 2.45) is 5.92 Å². The number of carboxylic acids is 1. The minimum absolute atomic E-state index is 0.0894. The van der Waals surface area contributed by atoms with Gasteiger partial charge in [0.05, 0.1) is 5.92 Å². The zero-order valence-corrected chi connectivity index (χ0v) is 12.4. The summed E-state index contributed by atoms with van der Waals surface area (Å²) in [5.41, 5.74) is 0.406. The third kappa shape index (κ3) is 3.01. The Hall–Kier alpha value is -2.22. The maximum atomic E-state index is 12.3. The first-order valence-corrected chi connectivity index (χ1v) is 7.18. The minimum atomic E-state index is -1.29. The SMILES string of the molecule is O=C(O)C(CS)N1C(=O)CC(Cc2ccc(O)cc2O)C1=O. The van der Waals surface area contributed by atoms with Crippen LogP contribution >= 0.6 is 12.6 Å². The summed E-state index contributed by atoms with van der Waals surface area (Å²) in [7, 11) is 0. The van der Waals surface area contributed by atoms with Crippen molar-refractivity contribution < 1.29 is 29.7 Å². The van der Waals surface area contributed by atoms with Gasteiger partial charge in [0, 0.05) is 18.2 Å². The van der Waals surface area contributed by atoms with E-state index in [0.29, 0.717) is 5.56 Å². The van der Waals surface area contributed by atoms with Gasteiger partial charge in [-0.15, -0.1) is 0 Å². The number of nitrogens with zero attached hydrogens (tertiary/aromatic N) is 1. The first-order chi connectivity index (χ1) is 10.3. The second-order valence-electron chi connectivity index (χ2n) is 5.06. The lowest BCUT2D eigenvalue weighted by Crippen LogP contribution is -2.46. The summed E-state index contributed by atoms with van der Waals surface area (Å²) in [6.45, 7) is 0. The predicted molar refractivity (Wildman–Crippen MR) is 78.7 cm³/mol. The largest absolute Gasteiger partial charge is 0.508 e. The van der Waals surface area contributed by atoms with Crippen LogP contribution in [0.1, 0.15) is 12.0 Å². The van der Waals surface area contributed by atoms with Crippen molar-refractivity contribution in [2.45, 2.75) is 18.9 Å². The number of aliphatic carboxylic acids is 1. The number of phenolic OH excluding ortho intramolecular Hbond substituents is 2. The molecule has 1 heterocycles. The molecule has 118 valence electrons. The lowest BCUT2D eigenvalue weighted by molar-refractivity contribution is -0.153. The fraction of sp³-hybridized carbons (Fsp3) is 0.357. The number of carboxylic acid groups (broad SMARTS) is 1. The zero-order chi connectivity index (χ0) is 16.4. The molecule has 1 fully saturated rings. The molecule has 1 aromatic rings. The van der Waals surface area contributed by atoms with E-state index in [-0.39, 0.29) is 30.1 Å². The molecule has 0 radical (unpaired) electrons. The van der Waals surface area contributed by atoms with Crippen LogP contribution in [0.25, 0.3) is 0 Å². The van der Waals surface area contributed by atoms with Gasteiger partial charge in [-0.3, -0.25) is 14.5 Å². The number of likely N-dealkylation sites (tertiary alicyclic amines) is 1. The first kappa shape index (κ1) is 16.2. The number of phenols is 2. The van der Waals surface area contributed by atoms with E-state index in [1.165, 1.54) is 12.1 Å². The lowest BCUT2D eigenvalue weighted by Gasteiger charge is -2.21. The average Bonchev–Trinajstić information content (AvgIpc) is 2.70. The predicted octanol–water partition coefficient (Wildman–Crippen LogP) is 0.398. The highest BCUT2D eigenvalue weighted by Crippen LogP contribution is 2.30. The number of thiol groups is 1. The third-order valence-corrected chi connectivity index (χ3v) is 3.93. The lowest BCUT2D eigenvalue weighted by atomic mass is 9.97. The molecule has 2 unspecified atom stereocenters. The number of imide groups is 1. The zero-order valence-electron chi connectivity index (χ0n) is 11.5. The van der Waals surface area contributed by atoms with E-state index >= 15 is 0 Å². The first-order valence-electron chi connectivity index (χ1n) is 6.55. The van der Waals surface area contributed by atoms with Gasteiger partial charge in [0.25, 0.3) is 0 Å². The number of aromatic hydroxyl groups is 2. The van der Waals surface area contributed by atoms with Gasteiger partial charge < -0.3 is 15.3 Å². The molecule has 1 saturated heterocycles. The Labute approximate surface area is 131 Å². The van der Waals surface area contributed by atoms with Crippen molar-refractivity contribution in [1.29, 1.82) is 0 Å². The molecule has 0 aromatic heterocycles. The standard InChI is InChI=1S/C14H15NO6S/c16-9-2-1-7(11(17)5-9)3-8-4-12(18)15(13(8)19)10(6-22)14(20)21/h1-2,5,8,10,16-17,22H,3-4,6H2,(H,20,21). The van der Waals surface area contributed by atoms with Gasteiger partial charge >= 0.3 is 5.97 Å². The highest BCUT2D eigenvalue weighted by atomic mass is 32.1. The van der Waals surface area contributed by atoms with Crippen molar-refractivity contribution in [3.05, 3.63) is 23.8 Å². The van der Waals surface area contributed by atoms with Crippen LogP contribution in [-0.4, -0.2) is 49.8 Å². The van der Waals surface area contributed by atoms with Crippen LogP contribution in [-0.2, 0) is 20.8 Å². The van der Waals surface area contributed by atoms with E-state index in [0.717, 1.165) is 11.0 Å². The Morgan fingerprint density at radius 1 is 1.36 bits per heavy atom. The molecule has 0 spiro atoms. The number of benzene rings is 1. The Bertz CT molecular complexity index is 632. The number of hydrogen-bond acceptors (Lipinski definition) is 6.